The highest BCUT2D eigenvalue weighted by atomic mass is 32.2. The fraction of sp³-hybridized carbons (Fsp3) is 1.00. The number of rotatable bonds is 5. The standard InChI is InChI=1S/C9H21NOS/c1-6(2)9(10)5-12-8(4)7(3)11/h6-9,11H,5,10H2,1-4H3. The van der Waals surface area contributed by atoms with Crippen molar-refractivity contribution in [2.45, 2.75) is 45.1 Å². The number of aliphatic hydroxyl groups is 1. The topological polar surface area (TPSA) is 46.2 Å². The number of hydrogen-bond acceptors (Lipinski definition) is 3. The maximum Gasteiger partial charge on any atom is 0.0628 e. The highest BCUT2D eigenvalue weighted by Gasteiger charge is 2.13. The highest BCUT2D eigenvalue weighted by molar-refractivity contribution is 7.99. The summed E-state index contributed by atoms with van der Waals surface area (Å²) in [6.07, 6.45) is -0.241. The molecule has 0 aliphatic carbocycles. The molecule has 12 heavy (non-hydrogen) atoms. The molecule has 0 aromatic carbocycles. The molecule has 74 valence electrons. The maximum absolute atomic E-state index is 9.21. The predicted octanol–water partition coefficient (Wildman–Crippen LogP) is 1.47. The molecule has 3 atom stereocenters. The molecule has 0 radical (unpaired) electrons. The Labute approximate surface area is 79.9 Å². The minimum atomic E-state index is -0.241. The molecule has 0 heterocycles. The van der Waals surface area contributed by atoms with Gasteiger partial charge in [-0.1, -0.05) is 20.8 Å². The van der Waals surface area contributed by atoms with Crippen LogP contribution in [0.15, 0.2) is 0 Å². The summed E-state index contributed by atoms with van der Waals surface area (Å²) in [5.74, 6) is 1.46. The Bertz CT molecular complexity index is 103. The molecule has 0 spiro atoms. The summed E-state index contributed by atoms with van der Waals surface area (Å²) >= 11 is 1.75. The van der Waals surface area contributed by atoms with Crippen molar-refractivity contribution in [3.05, 3.63) is 0 Å². The summed E-state index contributed by atoms with van der Waals surface area (Å²) in [6.45, 7) is 8.09. The zero-order chi connectivity index (χ0) is 9.72. The largest absolute Gasteiger partial charge is 0.392 e. The van der Waals surface area contributed by atoms with E-state index in [0.717, 1.165) is 5.75 Å². The predicted molar refractivity (Wildman–Crippen MR) is 56.4 cm³/mol. The number of hydrogen-bond donors (Lipinski definition) is 2. The van der Waals surface area contributed by atoms with E-state index in [1.54, 1.807) is 11.8 Å². The van der Waals surface area contributed by atoms with Crippen molar-refractivity contribution in [3.8, 4) is 0 Å². The van der Waals surface area contributed by atoms with Gasteiger partial charge in [0.25, 0.3) is 0 Å². The quantitative estimate of drug-likeness (QED) is 0.692. The van der Waals surface area contributed by atoms with Gasteiger partial charge in [0.15, 0.2) is 0 Å². The van der Waals surface area contributed by atoms with Crippen LogP contribution in [-0.2, 0) is 0 Å². The fourth-order valence-electron chi connectivity index (χ4n) is 0.595. The molecule has 2 nitrogen and oxygen atoms in total. The third-order valence-corrected chi connectivity index (χ3v) is 3.58. The summed E-state index contributed by atoms with van der Waals surface area (Å²) < 4.78 is 0. The van der Waals surface area contributed by atoms with Crippen molar-refractivity contribution in [3.63, 3.8) is 0 Å². The van der Waals surface area contributed by atoms with Crippen molar-refractivity contribution in [2.75, 3.05) is 5.75 Å². The molecule has 0 fully saturated rings. The lowest BCUT2D eigenvalue weighted by atomic mass is 10.1. The molecule has 3 N–H and O–H groups in total. The van der Waals surface area contributed by atoms with Crippen molar-refractivity contribution in [1.82, 2.24) is 0 Å². The molecule has 0 rings (SSSR count). The third kappa shape index (κ3) is 5.01. The van der Waals surface area contributed by atoms with E-state index in [9.17, 15) is 5.11 Å². The molecule has 0 aliphatic rings. The van der Waals surface area contributed by atoms with Gasteiger partial charge in [0.05, 0.1) is 6.10 Å². The van der Waals surface area contributed by atoms with Gasteiger partial charge in [0, 0.05) is 17.0 Å². The van der Waals surface area contributed by atoms with E-state index < -0.39 is 0 Å². The Morgan fingerprint density at radius 1 is 1.25 bits per heavy atom. The third-order valence-electron chi connectivity index (χ3n) is 2.09. The van der Waals surface area contributed by atoms with E-state index in [0.29, 0.717) is 5.92 Å². The monoisotopic (exact) mass is 191 g/mol. The highest BCUT2D eigenvalue weighted by Crippen LogP contribution is 2.16. The van der Waals surface area contributed by atoms with Crippen LogP contribution in [0.25, 0.3) is 0 Å². The van der Waals surface area contributed by atoms with Gasteiger partial charge < -0.3 is 10.8 Å². The van der Waals surface area contributed by atoms with E-state index in [2.05, 4.69) is 13.8 Å². The van der Waals surface area contributed by atoms with Gasteiger partial charge in [0.2, 0.25) is 0 Å². The van der Waals surface area contributed by atoms with E-state index in [4.69, 9.17) is 5.73 Å². The van der Waals surface area contributed by atoms with Crippen molar-refractivity contribution >= 4 is 11.8 Å². The molecule has 0 aliphatic heterocycles. The second-order valence-electron chi connectivity index (χ2n) is 3.69. The molecule has 0 saturated carbocycles. The molecular formula is C9H21NOS. The lowest BCUT2D eigenvalue weighted by Crippen LogP contribution is -2.30. The summed E-state index contributed by atoms with van der Waals surface area (Å²) in [5.41, 5.74) is 5.86. The first-order valence-electron chi connectivity index (χ1n) is 4.50. The summed E-state index contributed by atoms with van der Waals surface area (Å²) in [4.78, 5) is 0. The van der Waals surface area contributed by atoms with Gasteiger partial charge in [-0.2, -0.15) is 11.8 Å². The van der Waals surface area contributed by atoms with Gasteiger partial charge in [-0.25, -0.2) is 0 Å². The summed E-state index contributed by atoms with van der Waals surface area (Å²) in [7, 11) is 0. The van der Waals surface area contributed by atoms with Gasteiger partial charge in [-0.3, -0.25) is 0 Å². The number of aliphatic hydroxyl groups excluding tert-OH is 1. The Hall–Kier alpha value is 0.270. The van der Waals surface area contributed by atoms with Crippen molar-refractivity contribution in [2.24, 2.45) is 11.7 Å². The Morgan fingerprint density at radius 2 is 1.75 bits per heavy atom. The smallest absolute Gasteiger partial charge is 0.0628 e. The molecule has 0 amide bonds. The Kier molecular flexibility index (Phi) is 5.97. The van der Waals surface area contributed by atoms with E-state index in [-0.39, 0.29) is 17.4 Å². The average Bonchev–Trinajstić information content (AvgIpc) is 1.98. The number of nitrogens with two attached hydrogens (primary N) is 1. The van der Waals surface area contributed by atoms with Crippen LogP contribution in [0.5, 0.6) is 0 Å². The van der Waals surface area contributed by atoms with Crippen LogP contribution < -0.4 is 5.73 Å². The lowest BCUT2D eigenvalue weighted by molar-refractivity contribution is 0.196. The molecule has 3 unspecified atom stereocenters. The van der Waals surface area contributed by atoms with Crippen LogP contribution >= 0.6 is 11.8 Å². The first kappa shape index (κ1) is 12.3. The SMILES string of the molecule is CC(C)C(N)CSC(C)C(C)O. The van der Waals surface area contributed by atoms with Crippen LogP contribution in [0.3, 0.4) is 0 Å². The zero-order valence-corrected chi connectivity index (χ0v) is 9.27. The van der Waals surface area contributed by atoms with Gasteiger partial charge in [0.1, 0.15) is 0 Å². The van der Waals surface area contributed by atoms with E-state index in [1.807, 2.05) is 13.8 Å². The second-order valence-corrected chi connectivity index (χ2v) is 5.10. The summed E-state index contributed by atoms with van der Waals surface area (Å²) in [5, 5.41) is 9.50. The average molecular weight is 191 g/mol. The van der Waals surface area contributed by atoms with Gasteiger partial charge >= 0.3 is 0 Å². The minimum absolute atomic E-state index is 0.241. The van der Waals surface area contributed by atoms with Crippen LogP contribution in [-0.4, -0.2) is 28.3 Å². The maximum atomic E-state index is 9.21. The first-order chi connectivity index (χ1) is 5.45. The normalized spacial score (nSPS) is 19.2. The number of thioether (sulfide) groups is 1. The van der Waals surface area contributed by atoms with E-state index >= 15 is 0 Å². The molecule has 3 heteroatoms. The molecule has 0 aromatic heterocycles. The van der Waals surface area contributed by atoms with Crippen molar-refractivity contribution < 1.29 is 5.11 Å². The zero-order valence-electron chi connectivity index (χ0n) is 8.45. The van der Waals surface area contributed by atoms with E-state index in [1.165, 1.54) is 0 Å². The minimum Gasteiger partial charge on any atom is -0.392 e. The van der Waals surface area contributed by atoms with Crippen LogP contribution in [0, 0.1) is 5.92 Å². The second kappa shape index (κ2) is 5.84. The van der Waals surface area contributed by atoms with Crippen LogP contribution in [0.2, 0.25) is 0 Å². The molecule has 0 aromatic rings. The Balaban J connectivity index is 3.54. The van der Waals surface area contributed by atoms with Crippen LogP contribution in [0.1, 0.15) is 27.7 Å². The molecule has 0 saturated heterocycles. The van der Waals surface area contributed by atoms with Crippen LogP contribution in [0.4, 0.5) is 0 Å². The first-order valence-corrected chi connectivity index (χ1v) is 5.55. The molecule has 0 bridgehead atoms. The lowest BCUT2D eigenvalue weighted by Gasteiger charge is -2.19. The van der Waals surface area contributed by atoms with Crippen molar-refractivity contribution in [1.29, 1.82) is 0 Å². The Morgan fingerprint density at radius 3 is 2.08 bits per heavy atom. The summed E-state index contributed by atoms with van der Waals surface area (Å²) in [6, 6.07) is 0.246. The fourth-order valence-corrected chi connectivity index (χ4v) is 1.78. The molecular weight excluding hydrogens is 170 g/mol. The van der Waals surface area contributed by atoms with Gasteiger partial charge in [-0.05, 0) is 12.8 Å². The van der Waals surface area contributed by atoms with Gasteiger partial charge in [-0.15, -0.1) is 0 Å².